The molecule has 1 aromatic carbocycles. The van der Waals surface area contributed by atoms with Gasteiger partial charge < -0.3 is 9.64 Å². The van der Waals surface area contributed by atoms with Crippen LogP contribution in [0.15, 0.2) is 24.3 Å². The Morgan fingerprint density at radius 3 is 2.37 bits per heavy atom. The van der Waals surface area contributed by atoms with Gasteiger partial charge in [-0.2, -0.15) is 0 Å². The third kappa shape index (κ3) is 5.30. The van der Waals surface area contributed by atoms with E-state index in [2.05, 4.69) is 49.7 Å². The molecule has 1 aromatic heterocycles. The normalized spacial score (nSPS) is 15.4. The lowest BCUT2D eigenvalue weighted by Crippen LogP contribution is -2.49. The summed E-state index contributed by atoms with van der Waals surface area (Å²) < 4.78 is 5.68. The second-order valence-electron chi connectivity index (χ2n) is 7.42. The van der Waals surface area contributed by atoms with E-state index in [0.29, 0.717) is 5.92 Å². The van der Waals surface area contributed by atoms with E-state index in [1.165, 1.54) is 10.4 Å². The zero-order valence-electron chi connectivity index (χ0n) is 16.7. The first-order valence-electron chi connectivity index (χ1n) is 9.58. The maximum atomic E-state index is 12.4. The van der Waals surface area contributed by atoms with Crippen LogP contribution in [-0.4, -0.2) is 53.5 Å². The minimum absolute atomic E-state index is 0.0588. The van der Waals surface area contributed by atoms with Gasteiger partial charge in [0, 0.05) is 31.1 Å². The molecule has 1 aliphatic heterocycles. The summed E-state index contributed by atoms with van der Waals surface area (Å²) in [6.07, 6.45) is 0. The van der Waals surface area contributed by atoms with E-state index in [9.17, 15) is 4.79 Å². The first-order chi connectivity index (χ1) is 12.9. The fraction of sp³-hybridized carbons (Fsp3) is 0.524. The lowest BCUT2D eigenvalue weighted by Gasteiger charge is -2.34. The second kappa shape index (κ2) is 8.85. The number of nitrogens with zero attached hydrogens (tertiary/aromatic N) is 3. The minimum Gasteiger partial charge on any atom is -0.484 e. The predicted molar refractivity (Wildman–Crippen MR) is 109 cm³/mol. The third-order valence-corrected chi connectivity index (χ3v) is 6.12. The van der Waals surface area contributed by atoms with Crippen LogP contribution in [0, 0.1) is 13.8 Å². The molecule has 0 bridgehead atoms. The van der Waals surface area contributed by atoms with Gasteiger partial charge >= 0.3 is 0 Å². The van der Waals surface area contributed by atoms with Gasteiger partial charge in [0.15, 0.2) is 6.61 Å². The van der Waals surface area contributed by atoms with Gasteiger partial charge in [-0.3, -0.25) is 9.69 Å². The molecule has 27 heavy (non-hydrogen) atoms. The molecule has 0 atom stereocenters. The van der Waals surface area contributed by atoms with Crippen molar-refractivity contribution in [3.8, 4) is 5.75 Å². The Labute approximate surface area is 166 Å². The molecule has 2 aromatic rings. The molecule has 146 valence electrons. The van der Waals surface area contributed by atoms with Crippen LogP contribution < -0.4 is 4.74 Å². The molecule has 1 fully saturated rings. The molecular weight excluding hydrogens is 358 g/mol. The Kier molecular flexibility index (Phi) is 6.50. The number of aryl methyl sites for hydroxylation is 2. The summed E-state index contributed by atoms with van der Waals surface area (Å²) in [6, 6.07) is 8.01. The Morgan fingerprint density at radius 1 is 1.15 bits per heavy atom. The van der Waals surface area contributed by atoms with Gasteiger partial charge in [0.2, 0.25) is 0 Å². The van der Waals surface area contributed by atoms with Crippen LogP contribution in [0.4, 0.5) is 0 Å². The van der Waals surface area contributed by atoms with E-state index in [1.807, 2.05) is 17.0 Å². The van der Waals surface area contributed by atoms with Crippen LogP contribution in [-0.2, 0) is 11.3 Å². The summed E-state index contributed by atoms with van der Waals surface area (Å²) in [5.41, 5.74) is 2.40. The lowest BCUT2D eigenvalue weighted by molar-refractivity contribution is -0.135. The summed E-state index contributed by atoms with van der Waals surface area (Å²) >= 11 is 1.77. The average molecular weight is 388 g/mol. The quantitative estimate of drug-likeness (QED) is 0.760. The van der Waals surface area contributed by atoms with Crippen LogP contribution in [0.25, 0.3) is 0 Å². The molecule has 1 aliphatic rings. The molecule has 1 amide bonds. The number of piperazine rings is 1. The molecular formula is C21H29N3O2S. The van der Waals surface area contributed by atoms with Gasteiger partial charge in [-0.1, -0.05) is 26.0 Å². The number of aromatic nitrogens is 1. The standard InChI is InChI=1S/C21H29N3O2S/c1-15(2)18-5-7-19(8-6-18)26-14-21(25)24-11-9-23(10-12-24)13-20-22-16(3)17(4)27-20/h5-8,15H,9-14H2,1-4H3. The molecule has 0 spiro atoms. The van der Waals surface area contributed by atoms with Gasteiger partial charge in [0.1, 0.15) is 10.8 Å². The fourth-order valence-electron chi connectivity index (χ4n) is 3.14. The van der Waals surface area contributed by atoms with Gasteiger partial charge in [0.05, 0.1) is 12.2 Å². The summed E-state index contributed by atoms with van der Waals surface area (Å²) in [5, 5.41) is 1.16. The van der Waals surface area contributed by atoms with E-state index in [4.69, 9.17) is 4.74 Å². The van der Waals surface area contributed by atoms with Gasteiger partial charge in [-0.25, -0.2) is 4.98 Å². The number of amides is 1. The molecule has 0 saturated carbocycles. The number of carbonyl (C=O) groups is 1. The molecule has 0 N–H and O–H groups in total. The minimum atomic E-state index is 0.0588. The van der Waals surface area contributed by atoms with Crippen molar-refractivity contribution in [3.63, 3.8) is 0 Å². The van der Waals surface area contributed by atoms with Gasteiger partial charge in [-0.15, -0.1) is 11.3 Å². The molecule has 2 heterocycles. The van der Waals surface area contributed by atoms with E-state index in [-0.39, 0.29) is 12.5 Å². The van der Waals surface area contributed by atoms with Crippen molar-refractivity contribution in [2.75, 3.05) is 32.8 Å². The Morgan fingerprint density at radius 2 is 1.81 bits per heavy atom. The molecule has 6 heteroatoms. The highest BCUT2D eigenvalue weighted by Gasteiger charge is 2.22. The lowest BCUT2D eigenvalue weighted by atomic mass is 10.0. The zero-order valence-corrected chi connectivity index (χ0v) is 17.5. The number of benzene rings is 1. The molecule has 0 radical (unpaired) electrons. The monoisotopic (exact) mass is 387 g/mol. The van der Waals surface area contributed by atoms with E-state index >= 15 is 0 Å². The summed E-state index contributed by atoms with van der Waals surface area (Å²) in [4.78, 5) is 22.6. The highest BCUT2D eigenvalue weighted by Crippen LogP contribution is 2.20. The first kappa shape index (κ1) is 19.8. The number of ether oxygens (including phenoxy) is 1. The van der Waals surface area contributed by atoms with Crippen molar-refractivity contribution in [2.45, 2.75) is 40.2 Å². The Balaban J connectivity index is 1.42. The molecule has 0 aliphatic carbocycles. The SMILES string of the molecule is Cc1nc(CN2CCN(C(=O)COc3ccc(C(C)C)cc3)CC2)sc1C. The number of thiazole rings is 1. The second-order valence-corrected chi connectivity index (χ2v) is 8.71. The van der Waals surface area contributed by atoms with Crippen LogP contribution in [0.5, 0.6) is 5.75 Å². The summed E-state index contributed by atoms with van der Waals surface area (Å²) in [5.74, 6) is 1.30. The van der Waals surface area contributed by atoms with Crippen molar-refractivity contribution in [1.82, 2.24) is 14.8 Å². The Hall–Kier alpha value is -1.92. The summed E-state index contributed by atoms with van der Waals surface area (Å²) in [7, 11) is 0. The van der Waals surface area contributed by atoms with Crippen molar-refractivity contribution in [3.05, 3.63) is 45.4 Å². The van der Waals surface area contributed by atoms with Gasteiger partial charge in [-0.05, 0) is 37.5 Å². The largest absolute Gasteiger partial charge is 0.484 e. The first-order valence-corrected chi connectivity index (χ1v) is 10.4. The number of rotatable bonds is 6. The third-order valence-electron chi connectivity index (χ3n) is 5.07. The number of hydrogen-bond acceptors (Lipinski definition) is 5. The molecule has 3 rings (SSSR count). The van der Waals surface area contributed by atoms with Crippen molar-refractivity contribution in [1.29, 1.82) is 0 Å². The molecule has 0 unspecified atom stereocenters. The topological polar surface area (TPSA) is 45.7 Å². The van der Waals surface area contributed by atoms with Crippen molar-refractivity contribution >= 4 is 17.2 Å². The molecule has 1 saturated heterocycles. The maximum absolute atomic E-state index is 12.4. The zero-order chi connectivity index (χ0) is 19.4. The highest BCUT2D eigenvalue weighted by molar-refractivity contribution is 7.11. The van der Waals surface area contributed by atoms with Crippen LogP contribution >= 0.6 is 11.3 Å². The van der Waals surface area contributed by atoms with Crippen LogP contribution in [0.2, 0.25) is 0 Å². The van der Waals surface area contributed by atoms with Crippen LogP contribution in [0.3, 0.4) is 0 Å². The maximum Gasteiger partial charge on any atom is 0.260 e. The number of carbonyl (C=O) groups excluding carboxylic acids is 1. The van der Waals surface area contributed by atoms with Crippen molar-refractivity contribution < 1.29 is 9.53 Å². The van der Waals surface area contributed by atoms with Crippen LogP contribution in [0.1, 0.15) is 40.9 Å². The van der Waals surface area contributed by atoms with E-state index in [1.54, 1.807) is 11.3 Å². The average Bonchev–Trinajstić information content (AvgIpc) is 2.97. The van der Waals surface area contributed by atoms with Gasteiger partial charge in [0.25, 0.3) is 5.91 Å². The number of hydrogen-bond donors (Lipinski definition) is 0. The fourth-order valence-corrected chi connectivity index (χ4v) is 4.12. The highest BCUT2D eigenvalue weighted by atomic mass is 32.1. The smallest absolute Gasteiger partial charge is 0.260 e. The predicted octanol–water partition coefficient (Wildman–Crippen LogP) is 3.61. The van der Waals surface area contributed by atoms with E-state index in [0.717, 1.165) is 49.2 Å². The van der Waals surface area contributed by atoms with E-state index < -0.39 is 0 Å². The van der Waals surface area contributed by atoms with Crippen molar-refractivity contribution in [2.24, 2.45) is 0 Å². The Bertz CT molecular complexity index is 743. The summed E-state index contributed by atoms with van der Waals surface area (Å²) in [6.45, 7) is 12.7. The molecule has 5 nitrogen and oxygen atoms in total.